The van der Waals surface area contributed by atoms with E-state index in [0.717, 1.165) is 41.8 Å². The lowest BCUT2D eigenvalue weighted by atomic mass is 9.94. The molecule has 0 bridgehead atoms. The first kappa shape index (κ1) is 19.1. The van der Waals surface area contributed by atoms with Crippen LogP contribution in [0, 0.1) is 11.7 Å². The van der Waals surface area contributed by atoms with Gasteiger partial charge in [-0.25, -0.2) is 4.39 Å². The molecule has 1 atom stereocenters. The van der Waals surface area contributed by atoms with Crippen molar-refractivity contribution in [3.8, 4) is 22.5 Å². The van der Waals surface area contributed by atoms with E-state index >= 15 is 0 Å². The number of allylic oxidation sites excluding steroid dienone is 2. The molecule has 0 fully saturated rings. The SMILES string of the molecule is O=C(NCCn1nc(-c2ccc(F)cc2)cc1-c1cccnc1)C1CC=CCC1. The molecular weight excluding hydrogens is 367 g/mol. The minimum atomic E-state index is -0.277. The van der Waals surface area contributed by atoms with Crippen LogP contribution in [0.4, 0.5) is 4.39 Å². The van der Waals surface area contributed by atoms with Gasteiger partial charge in [0.25, 0.3) is 0 Å². The lowest BCUT2D eigenvalue weighted by Gasteiger charge is -2.17. The van der Waals surface area contributed by atoms with Gasteiger partial charge in [-0.3, -0.25) is 14.5 Å². The van der Waals surface area contributed by atoms with Crippen molar-refractivity contribution < 1.29 is 9.18 Å². The number of hydrogen-bond acceptors (Lipinski definition) is 3. The van der Waals surface area contributed by atoms with Gasteiger partial charge >= 0.3 is 0 Å². The molecule has 1 aromatic carbocycles. The summed E-state index contributed by atoms with van der Waals surface area (Å²) in [5.41, 5.74) is 3.45. The van der Waals surface area contributed by atoms with Gasteiger partial charge in [-0.15, -0.1) is 0 Å². The Morgan fingerprint density at radius 3 is 2.76 bits per heavy atom. The van der Waals surface area contributed by atoms with Crippen LogP contribution in [0.1, 0.15) is 19.3 Å². The predicted molar refractivity (Wildman–Crippen MR) is 110 cm³/mol. The maximum absolute atomic E-state index is 13.3. The zero-order valence-electron chi connectivity index (χ0n) is 16.1. The molecule has 0 saturated carbocycles. The Balaban J connectivity index is 1.52. The van der Waals surface area contributed by atoms with Gasteiger partial charge in [0.15, 0.2) is 0 Å². The Labute approximate surface area is 169 Å². The second-order valence-corrected chi connectivity index (χ2v) is 7.16. The molecule has 0 radical (unpaired) electrons. The zero-order chi connectivity index (χ0) is 20.1. The Kier molecular flexibility index (Phi) is 5.79. The summed E-state index contributed by atoms with van der Waals surface area (Å²) < 4.78 is 15.1. The highest BCUT2D eigenvalue weighted by Gasteiger charge is 2.18. The van der Waals surface area contributed by atoms with Crippen molar-refractivity contribution in [3.05, 3.63) is 72.8 Å². The number of halogens is 1. The van der Waals surface area contributed by atoms with Crippen molar-refractivity contribution in [3.63, 3.8) is 0 Å². The normalized spacial score (nSPS) is 16.0. The number of nitrogens with zero attached hydrogens (tertiary/aromatic N) is 3. The number of amides is 1. The molecule has 1 aliphatic rings. The molecule has 1 N–H and O–H groups in total. The molecule has 3 aromatic rings. The first-order valence-electron chi connectivity index (χ1n) is 9.87. The summed E-state index contributed by atoms with van der Waals surface area (Å²) in [5, 5.41) is 7.74. The number of hydrogen-bond donors (Lipinski definition) is 1. The molecule has 5 nitrogen and oxygen atoms in total. The number of aromatic nitrogens is 3. The van der Waals surface area contributed by atoms with Crippen LogP contribution in [0.3, 0.4) is 0 Å². The monoisotopic (exact) mass is 390 g/mol. The summed E-state index contributed by atoms with van der Waals surface area (Å²) in [6.45, 7) is 1.04. The standard InChI is InChI=1S/C23H23FN4O/c24-20-10-8-17(9-11-20)21-15-22(19-7-4-12-25-16-19)28(27-21)14-13-26-23(29)18-5-2-1-3-6-18/h1-2,4,7-12,15-16,18H,3,5-6,13-14H2,(H,26,29). The topological polar surface area (TPSA) is 59.8 Å². The summed E-state index contributed by atoms with van der Waals surface area (Å²) >= 11 is 0. The average molecular weight is 390 g/mol. The van der Waals surface area contributed by atoms with Gasteiger partial charge in [-0.05, 0) is 61.7 Å². The van der Waals surface area contributed by atoms with Crippen LogP contribution in [0.2, 0.25) is 0 Å². The second-order valence-electron chi connectivity index (χ2n) is 7.16. The fourth-order valence-corrected chi connectivity index (χ4v) is 3.56. The number of pyridine rings is 1. The third-order valence-electron chi connectivity index (χ3n) is 5.14. The van der Waals surface area contributed by atoms with Crippen LogP contribution in [-0.2, 0) is 11.3 Å². The highest BCUT2D eigenvalue weighted by atomic mass is 19.1. The van der Waals surface area contributed by atoms with Gasteiger partial charge in [-0.1, -0.05) is 12.2 Å². The lowest BCUT2D eigenvalue weighted by molar-refractivity contribution is -0.125. The molecule has 0 spiro atoms. The van der Waals surface area contributed by atoms with Crippen molar-refractivity contribution >= 4 is 5.91 Å². The van der Waals surface area contributed by atoms with E-state index in [2.05, 4.69) is 22.5 Å². The van der Waals surface area contributed by atoms with Crippen LogP contribution in [0.15, 0.2) is 67.0 Å². The largest absolute Gasteiger partial charge is 0.354 e. The van der Waals surface area contributed by atoms with Gasteiger partial charge in [0.1, 0.15) is 5.82 Å². The van der Waals surface area contributed by atoms with Crippen molar-refractivity contribution in [2.75, 3.05) is 6.54 Å². The summed E-state index contributed by atoms with van der Waals surface area (Å²) in [6.07, 6.45) is 10.4. The van der Waals surface area contributed by atoms with E-state index in [0.29, 0.717) is 13.1 Å². The average Bonchev–Trinajstić information content (AvgIpc) is 3.19. The maximum atomic E-state index is 13.3. The van der Waals surface area contributed by atoms with E-state index in [1.54, 1.807) is 24.5 Å². The minimum Gasteiger partial charge on any atom is -0.354 e. The Hall–Kier alpha value is -3.28. The van der Waals surface area contributed by atoms with Crippen molar-refractivity contribution in [2.24, 2.45) is 5.92 Å². The second kappa shape index (κ2) is 8.82. The zero-order valence-corrected chi connectivity index (χ0v) is 16.1. The van der Waals surface area contributed by atoms with Crippen LogP contribution in [-0.4, -0.2) is 27.2 Å². The molecule has 148 valence electrons. The minimum absolute atomic E-state index is 0.0604. The lowest BCUT2D eigenvalue weighted by Crippen LogP contribution is -2.33. The van der Waals surface area contributed by atoms with E-state index in [1.165, 1.54) is 12.1 Å². The van der Waals surface area contributed by atoms with Crippen LogP contribution < -0.4 is 5.32 Å². The number of carbonyl (C=O) groups is 1. The molecule has 4 rings (SSSR count). The third kappa shape index (κ3) is 4.59. The first-order chi connectivity index (χ1) is 14.2. The highest BCUT2D eigenvalue weighted by molar-refractivity contribution is 5.79. The van der Waals surface area contributed by atoms with Crippen LogP contribution in [0.5, 0.6) is 0 Å². The molecule has 0 aliphatic heterocycles. The van der Waals surface area contributed by atoms with Crippen LogP contribution in [0.25, 0.3) is 22.5 Å². The van der Waals surface area contributed by atoms with Gasteiger partial charge < -0.3 is 5.32 Å². The number of rotatable bonds is 6. The summed E-state index contributed by atoms with van der Waals surface area (Å²) in [7, 11) is 0. The predicted octanol–water partition coefficient (Wildman–Crippen LogP) is 4.22. The Bertz CT molecular complexity index is 995. The highest BCUT2D eigenvalue weighted by Crippen LogP contribution is 2.26. The molecule has 2 heterocycles. The van der Waals surface area contributed by atoms with Crippen molar-refractivity contribution in [1.82, 2.24) is 20.1 Å². The third-order valence-corrected chi connectivity index (χ3v) is 5.14. The van der Waals surface area contributed by atoms with E-state index in [-0.39, 0.29) is 17.6 Å². The quantitative estimate of drug-likeness (QED) is 0.641. The molecule has 29 heavy (non-hydrogen) atoms. The molecule has 0 saturated heterocycles. The molecule has 2 aromatic heterocycles. The van der Waals surface area contributed by atoms with Gasteiger partial charge in [-0.2, -0.15) is 5.10 Å². The van der Waals surface area contributed by atoms with Gasteiger partial charge in [0, 0.05) is 36.0 Å². The van der Waals surface area contributed by atoms with Crippen molar-refractivity contribution in [2.45, 2.75) is 25.8 Å². The molecule has 1 unspecified atom stereocenters. The summed E-state index contributed by atoms with van der Waals surface area (Å²) in [6, 6.07) is 12.1. The smallest absolute Gasteiger partial charge is 0.223 e. The molecule has 1 aliphatic carbocycles. The van der Waals surface area contributed by atoms with Crippen LogP contribution >= 0.6 is 0 Å². The maximum Gasteiger partial charge on any atom is 0.223 e. The molecular formula is C23H23FN4O. The van der Waals surface area contributed by atoms with Crippen molar-refractivity contribution in [1.29, 1.82) is 0 Å². The fraction of sp³-hybridized carbons (Fsp3) is 0.261. The fourth-order valence-electron chi connectivity index (χ4n) is 3.56. The van der Waals surface area contributed by atoms with E-state index in [9.17, 15) is 9.18 Å². The summed E-state index contributed by atoms with van der Waals surface area (Å²) in [4.78, 5) is 16.6. The Morgan fingerprint density at radius 2 is 2.03 bits per heavy atom. The van der Waals surface area contributed by atoms with E-state index < -0.39 is 0 Å². The number of benzene rings is 1. The summed E-state index contributed by atoms with van der Waals surface area (Å²) in [5.74, 6) is -0.116. The number of carbonyl (C=O) groups excluding carboxylic acids is 1. The van der Waals surface area contributed by atoms with E-state index in [4.69, 9.17) is 5.10 Å². The molecule has 1 amide bonds. The van der Waals surface area contributed by atoms with E-state index in [1.807, 2.05) is 22.9 Å². The first-order valence-corrected chi connectivity index (χ1v) is 9.87. The Morgan fingerprint density at radius 1 is 1.17 bits per heavy atom. The van der Waals surface area contributed by atoms with Gasteiger partial charge in [0.2, 0.25) is 5.91 Å². The molecule has 6 heteroatoms. The number of nitrogens with one attached hydrogen (secondary N) is 1. The van der Waals surface area contributed by atoms with Gasteiger partial charge in [0.05, 0.1) is 17.9 Å².